The Morgan fingerprint density at radius 3 is 2.06 bits per heavy atom. The van der Waals surface area contributed by atoms with Crippen LogP contribution in [0.1, 0.15) is 54.9 Å². The van der Waals surface area contributed by atoms with Crippen LogP contribution in [-0.4, -0.2) is 46.9 Å². The minimum absolute atomic E-state index is 0. The van der Waals surface area contributed by atoms with Gasteiger partial charge in [-0.2, -0.15) is 0 Å². The second-order valence-electron chi connectivity index (χ2n) is 7.46. The molecule has 2 rings (SSSR count). The summed E-state index contributed by atoms with van der Waals surface area (Å²) >= 11 is 3.26. The molecule has 1 amide bonds. The first-order chi connectivity index (χ1) is 16.6. The Balaban J connectivity index is 0. The number of carboxylic acids is 2. The van der Waals surface area contributed by atoms with E-state index in [1.807, 2.05) is 19.1 Å². The number of aldehydes is 1. The highest BCUT2D eigenvalue weighted by atomic mass is 79.9. The van der Waals surface area contributed by atoms with Crippen LogP contribution in [0, 0.1) is 0 Å². The number of carboxylic acid groups (broad SMARTS) is 2. The molecule has 0 bridgehead atoms. The summed E-state index contributed by atoms with van der Waals surface area (Å²) in [6.45, 7) is 2.56. The quantitative estimate of drug-likeness (QED) is 0.170. The number of nitrogens with two attached hydrogens (primary N) is 2. The number of carbonyl (C=O) groups excluding carboxylic acids is 2. The van der Waals surface area contributed by atoms with Gasteiger partial charge in [-0.25, -0.2) is 0 Å². The number of hydrogen-bond donors (Lipinski definition) is 6. The van der Waals surface area contributed by atoms with E-state index in [1.54, 1.807) is 36.4 Å². The first-order valence-corrected chi connectivity index (χ1v) is 11.9. The monoisotopic (exact) mass is 568 g/mol. The van der Waals surface area contributed by atoms with Gasteiger partial charge in [0.15, 0.2) is 0 Å². The maximum atomic E-state index is 11.2. The Kier molecular flexibility index (Phi) is 20.6. The van der Waals surface area contributed by atoms with E-state index in [0.717, 1.165) is 41.3 Å². The van der Waals surface area contributed by atoms with Crippen LogP contribution < -0.4 is 22.9 Å². The Morgan fingerprint density at radius 1 is 1.03 bits per heavy atom. The second-order valence-corrected chi connectivity index (χ2v) is 8.38. The van der Waals surface area contributed by atoms with Gasteiger partial charge in [0.25, 0.3) is 0 Å². The zero-order valence-electron chi connectivity index (χ0n) is 20.5. The fourth-order valence-electron chi connectivity index (χ4n) is 2.50. The summed E-state index contributed by atoms with van der Waals surface area (Å²) in [5.41, 5.74) is 12.6. The van der Waals surface area contributed by atoms with Gasteiger partial charge in [0.2, 0.25) is 5.91 Å². The van der Waals surface area contributed by atoms with Gasteiger partial charge in [0.05, 0.1) is 6.42 Å². The number of aliphatic carboxylic acids is 2. The third-order valence-corrected chi connectivity index (χ3v) is 4.89. The molecule has 0 saturated heterocycles. The maximum Gasteiger partial charge on any atom is 0.320 e. The summed E-state index contributed by atoms with van der Waals surface area (Å²) < 4.78 is 0.964. The molecule has 200 valence electrons. The number of anilines is 1. The molecule has 0 spiro atoms. The minimum atomic E-state index is -0.933. The third kappa shape index (κ3) is 18.2. The van der Waals surface area contributed by atoms with Crippen LogP contribution >= 0.6 is 15.9 Å². The molecule has 2 aromatic rings. The van der Waals surface area contributed by atoms with Crippen LogP contribution in [0.15, 0.2) is 53.0 Å². The first kappa shape index (κ1) is 35.0. The number of rotatable bonds is 11. The fourth-order valence-corrected chi connectivity index (χ4v) is 2.77. The lowest BCUT2D eigenvalue weighted by atomic mass is 10.1. The molecule has 10 N–H and O–H groups in total. The lowest BCUT2D eigenvalue weighted by molar-refractivity contribution is -0.139. The summed E-state index contributed by atoms with van der Waals surface area (Å²) in [4.78, 5) is 41.9. The number of hydrogen-bond acceptors (Lipinski definition) is 7. The van der Waals surface area contributed by atoms with E-state index in [1.165, 1.54) is 0 Å². The summed E-state index contributed by atoms with van der Waals surface area (Å²) in [5, 5.41) is 19.5. The van der Waals surface area contributed by atoms with Gasteiger partial charge in [0.1, 0.15) is 12.3 Å². The van der Waals surface area contributed by atoms with Crippen molar-refractivity contribution in [3.63, 3.8) is 0 Å². The highest BCUT2D eigenvalue weighted by Gasteiger charge is 2.09. The van der Waals surface area contributed by atoms with Crippen LogP contribution in [0.25, 0.3) is 0 Å². The third-order valence-electron chi connectivity index (χ3n) is 4.36. The van der Waals surface area contributed by atoms with Gasteiger partial charge in [-0.05, 0) is 67.8 Å². The zero-order chi connectivity index (χ0) is 26.6. The summed E-state index contributed by atoms with van der Waals surface area (Å²) in [7, 11) is 0. The summed E-state index contributed by atoms with van der Waals surface area (Å²) in [6.07, 6.45) is 4.39. The fraction of sp³-hybridized carbons (Fsp3) is 0.360. The predicted octanol–water partition coefficient (Wildman–Crippen LogP) is 4.00. The van der Waals surface area contributed by atoms with Crippen LogP contribution in [0.4, 0.5) is 5.69 Å². The van der Waals surface area contributed by atoms with E-state index in [9.17, 15) is 19.2 Å². The number of nitrogens with one attached hydrogen (secondary N) is 1. The highest BCUT2D eigenvalue weighted by molar-refractivity contribution is 9.10. The van der Waals surface area contributed by atoms with Crippen LogP contribution in [0.5, 0.6) is 0 Å². The Labute approximate surface area is 220 Å². The van der Waals surface area contributed by atoms with E-state index >= 15 is 0 Å². The largest absolute Gasteiger partial charge is 0.481 e. The molecule has 0 radical (unpaired) electrons. The second kappa shape index (κ2) is 21.2. The number of unbranched alkanes of at least 4 members (excludes halogenated alkanes) is 1. The van der Waals surface area contributed by atoms with E-state index in [2.05, 4.69) is 21.2 Å². The van der Waals surface area contributed by atoms with Crippen LogP contribution in [0.2, 0.25) is 0 Å². The SMILES string of the molecule is CCCC(=O)Nc1ccc(C=O)cc1.N.NCCCC[C@H](N)C(=O)O.O=C(O)Cc1ccc(Br)cc1. The van der Waals surface area contributed by atoms with Crippen molar-refractivity contribution in [2.75, 3.05) is 11.9 Å². The molecule has 11 heteroatoms. The Hall–Kier alpha value is -3.12. The number of halogens is 1. The van der Waals surface area contributed by atoms with Crippen LogP contribution in [0.3, 0.4) is 0 Å². The van der Waals surface area contributed by atoms with Crippen molar-refractivity contribution in [3.8, 4) is 0 Å². The van der Waals surface area contributed by atoms with E-state index in [0.29, 0.717) is 24.9 Å². The zero-order valence-corrected chi connectivity index (χ0v) is 22.1. The molecular weight excluding hydrogens is 532 g/mol. The van der Waals surface area contributed by atoms with Gasteiger partial charge in [0, 0.05) is 22.1 Å². The molecule has 0 aliphatic carbocycles. The molecule has 0 aliphatic rings. The Morgan fingerprint density at radius 2 is 1.61 bits per heavy atom. The first-order valence-electron chi connectivity index (χ1n) is 11.1. The van der Waals surface area contributed by atoms with Crippen molar-refractivity contribution in [1.82, 2.24) is 6.15 Å². The molecule has 1 atom stereocenters. The van der Waals surface area contributed by atoms with Crippen molar-refractivity contribution in [1.29, 1.82) is 0 Å². The number of carbonyl (C=O) groups is 4. The molecule has 10 nitrogen and oxygen atoms in total. The molecule has 2 aromatic carbocycles. The average Bonchev–Trinajstić information content (AvgIpc) is 2.82. The van der Waals surface area contributed by atoms with E-state index < -0.39 is 18.0 Å². The van der Waals surface area contributed by atoms with Crippen molar-refractivity contribution in [2.45, 2.75) is 51.5 Å². The van der Waals surface area contributed by atoms with Crippen molar-refractivity contribution in [2.24, 2.45) is 11.5 Å². The van der Waals surface area contributed by atoms with Crippen molar-refractivity contribution in [3.05, 3.63) is 64.1 Å². The minimum Gasteiger partial charge on any atom is -0.481 e. The molecule has 0 heterocycles. The lowest BCUT2D eigenvalue weighted by Crippen LogP contribution is -2.29. The van der Waals surface area contributed by atoms with Gasteiger partial charge >= 0.3 is 11.9 Å². The van der Waals surface area contributed by atoms with Gasteiger partial charge in [-0.1, -0.05) is 41.4 Å². The molecule has 0 saturated carbocycles. The Bertz CT molecular complexity index is 908. The normalized spacial score (nSPS) is 10.2. The molecule has 0 aromatic heterocycles. The van der Waals surface area contributed by atoms with Gasteiger partial charge in [-0.3, -0.25) is 19.2 Å². The topological polar surface area (TPSA) is 208 Å². The molecule has 0 fully saturated rings. The maximum absolute atomic E-state index is 11.2. The van der Waals surface area contributed by atoms with Crippen LogP contribution in [-0.2, 0) is 20.8 Å². The summed E-state index contributed by atoms with van der Waals surface area (Å²) in [6, 6.07) is 13.3. The van der Waals surface area contributed by atoms with Gasteiger partial charge < -0.3 is 33.1 Å². The molecule has 36 heavy (non-hydrogen) atoms. The highest BCUT2D eigenvalue weighted by Crippen LogP contribution is 2.11. The van der Waals surface area contributed by atoms with Gasteiger partial charge in [-0.15, -0.1) is 0 Å². The van der Waals surface area contributed by atoms with E-state index in [-0.39, 0.29) is 18.5 Å². The molecular formula is C25H37BrN4O6. The predicted molar refractivity (Wildman–Crippen MR) is 144 cm³/mol. The lowest BCUT2D eigenvalue weighted by Gasteiger charge is -2.03. The standard InChI is InChI=1S/C11H13NO2.C8H7BrO2.C6H14N2O2.H3N/c1-2-3-11(14)12-10-6-4-9(8-13)5-7-10;9-7-3-1-6(2-4-7)5-8(10)11;7-4-2-1-3-5(8)6(9)10;/h4-8H,2-3H2,1H3,(H,12,14);1-4H,5H2,(H,10,11);5H,1-4,7-8H2,(H,9,10);1H3/t;;5-;/m..0./s1. The average molecular weight is 569 g/mol. The number of benzene rings is 2. The van der Waals surface area contributed by atoms with Crippen molar-refractivity contribution < 1.29 is 29.4 Å². The molecule has 0 aliphatic heterocycles. The molecule has 0 unspecified atom stereocenters. The summed E-state index contributed by atoms with van der Waals surface area (Å²) in [5.74, 6) is -1.73. The van der Waals surface area contributed by atoms with Crippen molar-refractivity contribution >= 4 is 45.7 Å². The smallest absolute Gasteiger partial charge is 0.320 e. The number of amides is 1. The van der Waals surface area contributed by atoms with E-state index in [4.69, 9.17) is 21.7 Å².